The summed E-state index contributed by atoms with van der Waals surface area (Å²) in [4.78, 5) is 26.2. The lowest BCUT2D eigenvalue weighted by Gasteiger charge is -2.36. The number of nitrogens with zero attached hydrogens (tertiary/aromatic N) is 1. The number of carbonyl (C=O) groups is 2. The second kappa shape index (κ2) is 10.5. The molecular weight excluding hydrogens is 364 g/mol. The quantitative estimate of drug-likeness (QED) is 0.562. The van der Waals surface area contributed by atoms with Crippen LogP contribution in [0, 0.1) is 0 Å². The highest BCUT2D eigenvalue weighted by Crippen LogP contribution is 2.22. The molecule has 5 heteroatoms. The third-order valence-corrected chi connectivity index (χ3v) is 5.06. The van der Waals surface area contributed by atoms with Gasteiger partial charge in [-0.15, -0.1) is 0 Å². The Hall–Kier alpha value is -3.08. The van der Waals surface area contributed by atoms with E-state index in [1.54, 1.807) is 13.0 Å². The van der Waals surface area contributed by atoms with E-state index in [0.29, 0.717) is 6.61 Å². The van der Waals surface area contributed by atoms with Gasteiger partial charge in [0.2, 0.25) is 0 Å². The van der Waals surface area contributed by atoms with Crippen LogP contribution in [0.2, 0.25) is 0 Å². The summed E-state index contributed by atoms with van der Waals surface area (Å²) in [5, 5.41) is 3.01. The van der Waals surface area contributed by atoms with E-state index in [2.05, 4.69) is 17.4 Å². The Bertz CT molecular complexity index is 831. The number of piperidine rings is 1. The molecule has 1 aliphatic rings. The van der Waals surface area contributed by atoms with Crippen LogP contribution in [-0.2, 0) is 16.0 Å². The van der Waals surface area contributed by atoms with Gasteiger partial charge >= 0.3 is 12.0 Å². The third-order valence-electron chi connectivity index (χ3n) is 5.06. The summed E-state index contributed by atoms with van der Waals surface area (Å²) < 4.78 is 4.87. The standard InChI is InChI=1S/C24H28N2O3/c1-2-29-23(27)16-13-19-11-14-21(15-12-19)25-24(28)26-17-7-6-10-22(26)18-20-8-4-3-5-9-20/h3-5,8-9,11-16,22H,2,6-7,10,17-18H2,1H3,(H,25,28)/b16-13+. The number of urea groups is 1. The van der Waals surface area contributed by atoms with Crippen LogP contribution in [0.4, 0.5) is 10.5 Å². The summed E-state index contributed by atoms with van der Waals surface area (Å²) in [5.41, 5.74) is 2.87. The van der Waals surface area contributed by atoms with Crippen LogP contribution >= 0.6 is 0 Å². The number of esters is 1. The van der Waals surface area contributed by atoms with Crippen LogP contribution in [0.15, 0.2) is 60.7 Å². The van der Waals surface area contributed by atoms with Crippen molar-refractivity contribution in [3.63, 3.8) is 0 Å². The van der Waals surface area contributed by atoms with E-state index < -0.39 is 0 Å². The zero-order valence-corrected chi connectivity index (χ0v) is 16.8. The van der Waals surface area contributed by atoms with Crippen molar-refractivity contribution in [1.82, 2.24) is 4.90 Å². The highest BCUT2D eigenvalue weighted by atomic mass is 16.5. The van der Waals surface area contributed by atoms with Crippen molar-refractivity contribution in [3.8, 4) is 0 Å². The fourth-order valence-electron chi connectivity index (χ4n) is 3.59. The number of nitrogens with one attached hydrogen (secondary N) is 1. The minimum Gasteiger partial charge on any atom is -0.463 e. The number of anilines is 1. The van der Waals surface area contributed by atoms with E-state index in [4.69, 9.17) is 4.74 Å². The zero-order chi connectivity index (χ0) is 20.5. The number of rotatable bonds is 6. The van der Waals surface area contributed by atoms with Gasteiger partial charge in [0, 0.05) is 24.4 Å². The van der Waals surface area contributed by atoms with Gasteiger partial charge in [0.05, 0.1) is 6.61 Å². The normalized spacial score (nSPS) is 16.6. The van der Waals surface area contributed by atoms with Crippen LogP contribution in [0.25, 0.3) is 6.08 Å². The molecule has 152 valence electrons. The first-order chi connectivity index (χ1) is 14.2. The zero-order valence-electron chi connectivity index (χ0n) is 16.8. The van der Waals surface area contributed by atoms with Gasteiger partial charge in [-0.3, -0.25) is 0 Å². The Morgan fingerprint density at radius 2 is 1.86 bits per heavy atom. The number of carbonyl (C=O) groups excluding carboxylic acids is 2. The molecule has 2 aromatic rings. The van der Waals surface area contributed by atoms with Crippen molar-refractivity contribution in [2.45, 2.75) is 38.6 Å². The van der Waals surface area contributed by atoms with E-state index in [9.17, 15) is 9.59 Å². The molecule has 1 fully saturated rings. The number of benzene rings is 2. The minimum absolute atomic E-state index is 0.0551. The predicted octanol–water partition coefficient (Wildman–Crippen LogP) is 4.89. The van der Waals surface area contributed by atoms with Crippen molar-refractivity contribution in [2.24, 2.45) is 0 Å². The first-order valence-electron chi connectivity index (χ1n) is 10.2. The topological polar surface area (TPSA) is 58.6 Å². The Morgan fingerprint density at radius 1 is 1.10 bits per heavy atom. The Morgan fingerprint density at radius 3 is 2.59 bits per heavy atom. The monoisotopic (exact) mass is 392 g/mol. The molecule has 0 spiro atoms. The summed E-state index contributed by atoms with van der Waals surface area (Å²) in [5.74, 6) is -0.362. The van der Waals surface area contributed by atoms with Crippen molar-refractivity contribution >= 4 is 23.8 Å². The van der Waals surface area contributed by atoms with Crippen LogP contribution in [0.1, 0.15) is 37.3 Å². The first-order valence-corrected chi connectivity index (χ1v) is 10.2. The Labute approximate surface area is 172 Å². The maximum atomic E-state index is 12.9. The number of ether oxygens (including phenoxy) is 1. The average molecular weight is 392 g/mol. The minimum atomic E-state index is -0.362. The van der Waals surface area contributed by atoms with E-state index in [1.165, 1.54) is 11.6 Å². The van der Waals surface area contributed by atoms with Crippen molar-refractivity contribution < 1.29 is 14.3 Å². The molecule has 1 aliphatic heterocycles. The van der Waals surface area contributed by atoms with Gasteiger partial charge < -0.3 is 15.0 Å². The molecule has 29 heavy (non-hydrogen) atoms. The molecule has 0 bridgehead atoms. The second-order valence-corrected chi connectivity index (χ2v) is 7.17. The van der Waals surface area contributed by atoms with Crippen molar-refractivity contribution in [2.75, 3.05) is 18.5 Å². The molecule has 2 aromatic carbocycles. The maximum absolute atomic E-state index is 12.9. The Kier molecular flexibility index (Phi) is 7.45. The largest absolute Gasteiger partial charge is 0.463 e. The molecule has 2 amide bonds. The van der Waals surface area contributed by atoms with E-state index in [1.807, 2.05) is 47.4 Å². The Balaban J connectivity index is 1.60. The van der Waals surface area contributed by atoms with Gasteiger partial charge in [-0.1, -0.05) is 42.5 Å². The summed E-state index contributed by atoms with van der Waals surface area (Å²) in [7, 11) is 0. The molecule has 1 saturated heterocycles. The lowest BCUT2D eigenvalue weighted by Crippen LogP contribution is -2.46. The molecule has 0 saturated carbocycles. The van der Waals surface area contributed by atoms with Crippen LogP contribution in [0.5, 0.6) is 0 Å². The van der Waals surface area contributed by atoms with Crippen molar-refractivity contribution in [3.05, 3.63) is 71.8 Å². The van der Waals surface area contributed by atoms with Gasteiger partial charge in [0.15, 0.2) is 0 Å². The number of amides is 2. The van der Waals surface area contributed by atoms with E-state index >= 15 is 0 Å². The van der Waals surface area contributed by atoms with Crippen LogP contribution in [0.3, 0.4) is 0 Å². The molecule has 1 atom stereocenters. The molecule has 1 unspecified atom stereocenters. The SMILES string of the molecule is CCOC(=O)/C=C/c1ccc(NC(=O)N2CCCCC2Cc2ccccc2)cc1. The summed E-state index contributed by atoms with van der Waals surface area (Å²) in [6.45, 7) is 2.91. The van der Waals surface area contributed by atoms with Crippen LogP contribution < -0.4 is 5.32 Å². The smallest absolute Gasteiger partial charge is 0.330 e. The molecular formula is C24H28N2O3. The highest BCUT2D eigenvalue weighted by Gasteiger charge is 2.26. The fourth-order valence-corrected chi connectivity index (χ4v) is 3.59. The highest BCUT2D eigenvalue weighted by molar-refractivity contribution is 5.90. The lowest BCUT2D eigenvalue weighted by molar-refractivity contribution is -0.137. The number of hydrogen-bond donors (Lipinski definition) is 1. The molecule has 3 rings (SSSR count). The number of likely N-dealkylation sites (tertiary alicyclic amines) is 1. The molecule has 0 aliphatic carbocycles. The predicted molar refractivity (Wildman–Crippen MR) is 116 cm³/mol. The second-order valence-electron chi connectivity index (χ2n) is 7.17. The lowest BCUT2D eigenvalue weighted by atomic mass is 9.96. The van der Waals surface area contributed by atoms with Gasteiger partial charge in [0.25, 0.3) is 0 Å². The molecule has 0 radical (unpaired) electrons. The van der Waals surface area contributed by atoms with Gasteiger partial charge in [-0.2, -0.15) is 0 Å². The van der Waals surface area contributed by atoms with E-state index in [0.717, 1.165) is 43.5 Å². The van der Waals surface area contributed by atoms with Crippen LogP contribution in [-0.4, -0.2) is 36.1 Å². The molecule has 1 heterocycles. The van der Waals surface area contributed by atoms with Gasteiger partial charge in [-0.05, 0) is 61.9 Å². The number of hydrogen-bond acceptors (Lipinski definition) is 3. The summed E-state index contributed by atoms with van der Waals surface area (Å²) in [6.07, 6.45) is 7.20. The summed E-state index contributed by atoms with van der Waals surface area (Å²) in [6, 6.07) is 17.9. The van der Waals surface area contributed by atoms with Gasteiger partial charge in [-0.25, -0.2) is 9.59 Å². The fraction of sp³-hybridized carbons (Fsp3) is 0.333. The van der Waals surface area contributed by atoms with E-state index in [-0.39, 0.29) is 18.0 Å². The third kappa shape index (κ3) is 6.21. The molecule has 0 aromatic heterocycles. The molecule has 1 N–H and O–H groups in total. The van der Waals surface area contributed by atoms with Crippen molar-refractivity contribution in [1.29, 1.82) is 0 Å². The first kappa shape index (κ1) is 20.6. The van der Waals surface area contributed by atoms with Gasteiger partial charge in [0.1, 0.15) is 0 Å². The maximum Gasteiger partial charge on any atom is 0.330 e. The molecule has 5 nitrogen and oxygen atoms in total. The summed E-state index contributed by atoms with van der Waals surface area (Å²) >= 11 is 0. The average Bonchev–Trinajstić information content (AvgIpc) is 2.74.